The van der Waals surface area contributed by atoms with Gasteiger partial charge in [-0.25, -0.2) is 9.37 Å². The highest BCUT2D eigenvalue weighted by Gasteiger charge is 2.12. The molecule has 23 heavy (non-hydrogen) atoms. The lowest BCUT2D eigenvalue weighted by molar-refractivity contribution is 0.112. The molecule has 7 heteroatoms. The molecule has 4 aromatic rings. The molecule has 0 saturated carbocycles. The Morgan fingerprint density at radius 1 is 1.17 bits per heavy atom. The van der Waals surface area contributed by atoms with Gasteiger partial charge in [-0.2, -0.15) is 4.98 Å². The molecule has 4 rings (SSSR count). The zero-order valence-electron chi connectivity index (χ0n) is 12.1. The quantitative estimate of drug-likeness (QED) is 0.587. The van der Waals surface area contributed by atoms with Crippen LogP contribution >= 0.6 is 0 Å². The number of halogens is 1. The third kappa shape index (κ3) is 2.22. The molecule has 0 unspecified atom stereocenters. The summed E-state index contributed by atoms with van der Waals surface area (Å²) in [5.74, 6) is 0.137. The lowest BCUT2D eigenvalue weighted by atomic mass is 10.2. The molecule has 6 nitrogen and oxygen atoms in total. The molecule has 0 fully saturated rings. The molecule has 2 aromatic carbocycles. The molecular formula is C16H11FN4O2. The lowest BCUT2D eigenvalue weighted by Crippen LogP contribution is -1.98. The van der Waals surface area contributed by atoms with Crippen molar-refractivity contribution in [2.24, 2.45) is 7.05 Å². The monoisotopic (exact) mass is 310 g/mol. The number of hydrogen-bond donors (Lipinski definition) is 1. The van der Waals surface area contributed by atoms with Crippen LogP contribution in [0, 0.1) is 5.82 Å². The van der Waals surface area contributed by atoms with Crippen LogP contribution in [-0.2, 0) is 7.05 Å². The summed E-state index contributed by atoms with van der Waals surface area (Å²) < 4.78 is 20.6. The molecule has 0 saturated heterocycles. The Morgan fingerprint density at radius 2 is 2.04 bits per heavy atom. The van der Waals surface area contributed by atoms with Crippen LogP contribution in [0.1, 0.15) is 10.4 Å². The minimum Gasteiger partial charge on any atom is -0.423 e. The van der Waals surface area contributed by atoms with E-state index in [1.54, 1.807) is 28.8 Å². The number of imidazole rings is 1. The van der Waals surface area contributed by atoms with E-state index in [4.69, 9.17) is 4.42 Å². The minimum atomic E-state index is -0.342. The van der Waals surface area contributed by atoms with Crippen molar-refractivity contribution < 1.29 is 13.6 Å². The first kappa shape index (κ1) is 13.4. The summed E-state index contributed by atoms with van der Waals surface area (Å²) in [6, 6.07) is 9.63. The van der Waals surface area contributed by atoms with Gasteiger partial charge in [0, 0.05) is 18.7 Å². The van der Waals surface area contributed by atoms with Crippen molar-refractivity contribution in [3.63, 3.8) is 0 Å². The van der Waals surface area contributed by atoms with E-state index < -0.39 is 0 Å². The lowest BCUT2D eigenvalue weighted by Gasteiger charge is -2.01. The highest BCUT2D eigenvalue weighted by Crippen LogP contribution is 2.25. The summed E-state index contributed by atoms with van der Waals surface area (Å²) in [7, 11) is 1.81. The first-order valence-electron chi connectivity index (χ1n) is 6.89. The SMILES string of the molecule is Cn1c(Nc2nc3cc(C=O)ccc3o2)nc2cc(F)ccc21. The largest absolute Gasteiger partial charge is 0.423 e. The fourth-order valence-corrected chi connectivity index (χ4v) is 2.45. The number of benzene rings is 2. The number of oxazole rings is 1. The first-order chi connectivity index (χ1) is 11.1. The first-order valence-corrected chi connectivity index (χ1v) is 6.89. The number of hydrogen-bond acceptors (Lipinski definition) is 5. The third-order valence-electron chi connectivity index (χ3n) is 3.61. The normalized spacial score (nSPS) is 11.2. The third-order valence-corrected chi connectivity index (χ3v) is 3.61. The van der Waals surface area contributed by atoms with Crippen molar-refractivity contribution in [3.8, 4) is 0 Å². The van der Waals surface area contributed by atoms with E-state index in [-0.39, 0.29) is 11.8 Å². The van der Waals surface area contributed by atoms with Crippen LogP contribution in [0.4, 0.5) is 16.4 Å². The van der Waals surface area contributed by atoms with E-state index in [2.05, 4.69) is 15.3 Å². The number of carbonyl (C=O) groups excluding carboxylic acids is 1. The zero-order valence-corrected chi connectivity index (χ0v) is 12.1. The molecule has 0 amide bonds. The standard InChI is InChI=1S/C16H11FN4O2/c1-21-13-4-3-10(17)7-11(13)18-15(21)20-16-19-12-6-9(8-22)2-5-14(12)23-16/h2-8H,1H3,(H,18,19,20). The second kappa shape index (κ2) is 4.91. The van der Waals surface area contributed by atoms with Crippen molar-refractivity contribution in [2.45, 2.75) is 0 Å². The number of nitrogens with zero attached hydrogens (tertiary/aromatic N) is 3. The van der Waals surface area contributed by atoms with Crippen molar-refractivity contribution in [2.75, 3.05) is 5.32 Å². The summed E-state index contributed by atoms with van der Waals surface area (Å²) >= 11 is 0. The molecule has 1 N–H and O–H groups in total. The van der Waals surface area contributed by atoms with Crippen LogP contribution in [0.5, 0.6) is 0 Å². The molecule has 0 aliphatic heterocycles. The molecule has 0 aliphatic rings. The molecular weight excluding hydrogens is 299 g/mol. The average Bonchev–Trinajstić information content (AvgIpc) is 3.07. The molecule has 114 valence electrons. The van der Waals surface area contributed by atoms with Crippen LogP contribution in [-0.4, -0.2) is 20.8 Å². The second-order valence-electron chi connectivity index (χ2n) is 5.12. The van der Waals surface area contributed by atoms with E-state index in [0.717, 1.165) is 11.8 Å². The summed E-state index contributed by atoms with van der Waals surface area (Å²) in [5.41, 5.74) is 2.97. The van der Waals surface area contributed by atoms with Gasteiger partial charge in [-0.1, -0.05) is 0 Å². The van der Waals surface area contributed by atoms with Gasteiger partial charge in [0.1, 0.15) is 17.6 Å². The van der Waals surface area contributed by atoms with Crippen LogP contribution in [0.2, 0.25) is 0 Å². The fourth-order valence-electron chi connectivity index (χ4n) is 2.45. The predicted molar refractivity (Wildman–Crippen MR) is 83.4 cm³/mol. The number of aromatic nitrogens is 3. The Bertz CT molecular complexity index is 1050. The van der Waals surface area contributed by atoms with Crippen molar-refractivity contribution in [3.05, 3.63) is 47.8 Å². The van der Waals surface area contributed by atoms with Gasteiger partial charge in [0.2, 0.25) is 5.95 Å². The molecule has 0 bridgehead atoms. The Kier molecular flexibility index (Phi) is 2.87. The number of aldehydes is 1. The van der Waals surface area contributed by atoms with Gasteiger partial charge in [-0.05, 0) is 30.3 Å². The number of rotatable bonds is 3. The molecule has 0 spiro atoms. The van der Waals surface area contributed by atoms with Gasteiger partial charge in [0.15, 0.2) is 5.58 Å². The van der Waals surface area contributed by atoms with E-state index in [1.165, 1.54) is 12.1 Å². The Morgan fingerprint density at radius 3 is 2.87 bits per heavy atom. The van der Waals surface area contributed by atoms with Gasteiger partial charge in [-0.15, -0.1) is 0 Å². The highest BCUT2D eigenvalue weighted by molar-refractivity contribution is 5.85. The van der Waals surface area contributed by atoms with E-state index in [9.17, 15) is 9.18 Å². The van der Waals surface area contributed by atoms with Crippen molar-refractivity contribution in [1.82, 2.24) is 14.5 Å². The second-order valence-corrected chi connectivity index (χ2v) is 5.12. The number of nitrogens with one attached hydrogen (secondary N) is 1. The van der Waals surface area contributed by atoms with E-state index >= 15 is 0 Å². The maximum Gasteiger partial charge on any atom is 0.302 e. The molecule has 2 heterocycles. The molecule has 0 radical (unpaired) electrons. The topological polar surface area (TPSA) is 73.0 Å². The number of fused-ring (bicyclic) bond motifs is 2. The Balaban J connectivity index is 1.75. The maximum absolute atomic E-state index is 13.3. The summed E-state index contributed by atoms with van der Waals surface area (Å²) in [6.07, 6.45) is 0.751. The van der Waals surface area contributed by atoms with E-state index in [1.807, 2.05) is 7.05 Å². The van der Waals surface area contributed by atoms with Crippen molar-refractivity contribution in [1.29, 1.82) is 0 Å². The number of aryl methyl sites for hydroxylation is 1. The summed E-state index contributed by atoms with van der Waals surface area (Å²) in [4.78, 5) is 19.4. The predicted octanol–water partition coefficient (Wildman–Crippen LogP) is 3.41. The Hall–Kier alpha value is -3.22. The van der Waals surface area contributed by atoms with Crippen LogP contribution in [0.25, 0.3) is 22.1 Å². The molecule has 0 atom stereocenters. The number of carbonyl (C=O) groups is 1. The van der Waals surface area contributed by atoms with Crippen LogP contribution in [0.15, 0.2) is 40.8 Å². The highest BCUT2D eigenvalue weighted by atomic mass is 19.1. The van der Waals surface area contributed by atoms with Crippen molar-refractivity contribution >= 4 is 40.4 Å². The average molecular weight is 310 g/mol. The van der Waals surface area contributed by atoms with Gasteiger partial charge >= 0.3 is 6.01 Å². The summed E-state index contributed by atoms with van der Waals surface area (Å²) in [5, 5.41) is 2.97. The van der Waals surface area contributed by atoms with Gasteiger partial charge in [-0.3, -0.25) is 10.1 Å². The fraction of sp³-hybridized carbons (Fsp3) is 0.0625. The minimum absolute atomic E-state index is 0.252. The van der Waals surface area contributed by atoms with Gasteiger partial charge in [0.05, 0.1) is 11.0 Å². The van der Waals surface area contributed by atoms with E-state index in [0.29, 0.717) is 28.1 Å². The summed E-state index contributed by atoms with van der Waals surface area (Å²) in [6.45, 7) is 0. The van der Waals surface area contributed by atoms with Crippen LogP contribution < -0.4 is 5.32 Å². The van der Waals surface area contributed by atoms with Gasteiger partial charge in [0.25, 0.3) is 0 Å². The maximum atomic E-state index is 13.3. The smallest absolute Gasteiger partial charge is 0.302 e. The molecule has 0 aliphatic carbocycles. The van der Waals surface area contributed by atoms with Gasteiger partial charge < -0.3 is 8.98 Å². The van der Waals surface area contributed by atoms with Crippen LogP contribution in [0.3, 0.4) is 0 Å². The Labute approximate surface area is 129 Å². The zero-order chi connectivity index (χ0) is 16.0. The number of anilines is 2. The molecule has 2 aromatic heterocycles.